The van der Waals surface area contributed by atoms with Crippen LogP contribution in [0, 0.1) is 0 Å². The van der Waals surface area contributed by atoms with Gasteiger partial charge >= 0.3 is 12.1 Å². The van der Waals surface area contributed by atoms with Crippen molar-refractivity contribution in [3.63, 3.8) is 0 Å². The first kappa shape index (κ1) is 14.2. The van der Waals surface area contributed by atoms with E-state index >= 15 is 0 Å². The van der Waals surface area contributed by atoms with Crippen LogP contribution in [-0.2, 0) is 4.74 Å². The number of halogens is 1. The number of carboxylic acids is 1. The van der Waals surface area contributed by atoms with Crippen LogP contribution in [0.4, 0.5) is 10.6 Å². The molecule has 0 aliphatic carbocycles. The maximum atomic E-state index is 11.5. The fraction of sp³-hybridized carbons (Fsp3) is 0.182. The van der Waals surface area contributed by atoms with Crippen LogP contribution in [0.5, 0.6) is 0 Å². The zero-order chi connectivity index (χ0) is 13.7. The average Bonchev–Trinajstić information content (AvgIpc) is 2.35. The van der Waals surface area contributed by atoms with Crippen molar-refractivity contribution in [3.8, 4) is 0 Å². The first-order chi connectivity index (χ1) is 8.47. The van der Waals surface area contributed by atoms with E-state index in [4.69, 9.17) is 9.84 Å². The number of hydrogen-bond donors (Lipinski definition) is 1. The Hall–Kier alpha value is -1.89. The van der Waals surface area contributed by atoms with E-state index in [-0.39, 0.29) is 18.0 Å². The summed E-state index contributed by atoms with van der Waals surface area (Å²) < 4.78 is 5.15. The second kappa shape index (κ2) is 6.15. The molecule has 0 unspecified atom stereocenters. The number of pyridine rings is 1. The van der Waals surface area contributed by atoms with Crippen LogP contribution in [0.2, 0.25) is 0 Å². The first-order valence-electron chi connectivity index (χ1n) is 4.87. The highest BCUT2D eigenvalue weighted by Gasteiger charge is 2.17. The molecule has 0 aromatic carbocycles. The van der Waals surface area contributed by atoms with Gasteiger partial charge in [-0.25, -0.2) is 14.6 Å². The SMILES string of the molecule is C=CCOC(=O)N(C)c1cc(C(=O)O)c(Br)cn1. The van der Waals surface area contributed by atoms with E-state index in [1.165, 1.54) is 25.4 Å². The largest absolute Gasteiger partial charge is 0.478 e. The van der Waals surface area contributed by atoms with Gasteiger partial charge in [0.1, 0.15) is 12.4 Å². The number of nitrogens with zero attached hydrogens (tertiary/aromatic N) is 2. The van der Waals surface area contributed by atoms with Gasteiger partial charge in [0.05, 0.1) is 10.0 Å². The summed E-state index contributed by atoms with van der Waals surface area (Å²) in [5.74, 6) is -0.928. The second-order valence-electron chi connectivity index (χ2n) is 3.25. The summed E-state index contributed by atoms with van der Waals surface area (Å²) in [6.07, 6.45) is 2.11. The summed E-state index contributed by atoms with van der Waals surface area (Å²) >= 11 is 3.07. The van der Waals surface area contributed by atoms with Crippen molar-refractivity contribution >= 4 is 33.8 Å². The Morgan fingerprint density at radius 2 is 2.33 bits per heavy atom. The lowest BCUT2D eigenvalue weighted by atomic mass is 10.2. The van der Waals surface area contributed by atoms with Gasteiger partial charge in [0.25, 0.3) is 0 Å². The molecule has 18 heavy (non-hydrogen) atoms. The van der Waals surface area contributed by atoms with Gasteiger partial charge in [0.2, 0.25) is 0 Å². The molecular weight excluding hydrogens is 304 g/mol. The van der Waals surface area contributed by atoms with Crippen molar-refractivity contribution in [2.75, 3.05) is 18.6 Å². The van der Waals surface area contributed by atoms with Gasteiger partial charge in [-0.15, -0.1) is 0 Å². The summed E-state index contributed by atoms with van der Waals surface area (Å²) in [5.41, 5.74) is 0.0170. The standard InChI is InChI=1S/C11H11BrN2O4/c1-3-4-18-11(17)14(2)9-5-7(10(15)16)8(12)6-13-9/h3,5-6H,1,4H2,2H3,(H,15,16). The molecule has 96 valence electrons. The Bertz CT molecular complexity index is 490. The number of ether oxygens (including phenoxy) is 1. The van der Waals surface area contributed by atoms with Crippen molar-refractivity contribution in [1.29, 1.82) is 0 Å². The van der Waals surface area contributed by atoms with Gasteiger partial charge in [-0.3, -0.25) is 4.90 Å². The third kappa shape index (κ3) is 3.30. The molecule has 1 heterocycles. The molecule has 1 N–H and O–H groups in total. The summed E-state index contributed by atoms with van der Waals surface area (Å²) in [5, 5.41) is 8.95. The van der Waals surface area contributed by atoms with Gasteiger partial charge in [0.15, 0.2) is 0 Å². The van der Waals surface area contributed by atoms with E-state index < -0.39 is 12.1 Å². The maximum Gasteiger partial charge on any atom is 0.415 e. The number of aromatic carboxylic acids is 1. The minimum absolute atomic E-state index is 0.0170. The molecule has 0 radical (unpaired) electrons. The number of carbonyl (C=O) groups excluding carboxylic acids is 1. The Kier molecular flexibility index (Phi) is 4.85. The highest BCUT2D eigenvalue weighted by molar-refractivity contribution is 9.10. The number of anilines is 1. The summed E-state index contributed by atoms with van der Waals surface area (Å²) in [7, 11) is 1.44. The number of carboxylic acid groups (broad SMARTS) is 1. The Morgan fingerprint density at radius 1 is 1.67 bits per heavy atom. The van der Waals surface area contributed by atoms with Crippen LogP contribution >= 0.6 is 15.9 Å². The zero-order valence-electron chi connectivity index (χ0n) is 9.59. The van der Waals surface area contributed by atoms with E-state index in [0.29, 0.717) is 4.47 Å². The highest BCUT2D eigenvalue weighted by Crippen LogP contribution is 2.20. The summed E-state index contributed by atoms with van der Waals surface area (Å²) in [6.45, 7) is 3.49. The van der Waals surface area contributed by atoms with Gasteiger partial charge < -0.3 is 9.84 Å². The fourth-order valence-electron chi connectivity index (χ4n) is 1.10. The minimum Gasteiger partial charge on any atom is -0.478 e. The predicted molar refractivity (Wildman–Crippen MR) is 68.8 cm³/mol. The smallest absolute Gasteiger partial charge is 0.415 e. The van der Waals surface area contributed by atoms with Crippen LogP contribution in [-0.4, -0.2) is 35.8 Å². The lowest BCUT2D eigenvalue weighted by molar-refractivity contribution is 0.0695. The fourth-order valence-corrected chi connectivity index (χ4v) is 1.48. The Labute approximate surface area is 112 Å². The number of amides is 1. The van der Waals surface area contributed by atoms with Crippen LogP contribution in [0.1, 0.15) is 10.4 Å². The quantitative estimate of drug-likeness (QED) is 0.862. The molecule has 7 heteroatoms. The van der Waals surface area contributed by atoms with Gasteiger partial charge in [0, 0.05) is 13.2 Å². The molecule has 0 aliphatic heterocycles. The van der Waals surface area contributed by atoms with E-state index in [1.54, 1.807) is 0 Å². The normalized spacial score (nSPS) is 9.67. The van der Waals surface area contributed by atoms with Crippen LogP contribution in [0.15, 0.2) is 29.4 Å². The van der Waals surface area contributed by atoms with E-state index in [9.17, 15) is 9.59 Å². The van der Waals surface area contributed by atoms with Gasteiger partial charge in [-0.05, 0) is 22.0 Å². The predicted octanol–water partition coefficient (Wildman–Crippen LogP) is 2.30. The zero-order valence-corrected chi connectivity index (χ0v) is 11.2. The summed E-state index contributed by atoms with van der Waals surface area (Å²) in [6, 6.07) is 1.28. The van der Waals surface area contributed by atoms with Gasteiger partial charge in [-0.2, -0.15) is 0 Å². The number of hydrogen-bond acceptors (Lipinski definition) is 4. The molecule has 0 fully saturated rings. The molecule has 1 aromatic heterocycles. The number of carbonyl (C=O) groups is 2. The molecular formula is C11H11BrN2O4. The van der Waals surface area contributed by atoms with Crippen LogP contribution < -0.4 is 4.90 Å². The monoisotopic (exact) mass is 314 g/mol. The number of rotatable bonds is 4. The molecule has 1 rings (SSSR count). The molecule has 0 aliphatic rings. The van der Waals surface area contributed by atoms with Crippen LogP contribution in [0.3, 0.4) is 0 Å². The van der Waals surface area contributed by atoms with E-state index in [2.05, 4.69) is 27.5 Å². The lowest BCUT2D eigenvalue weighted by Gasteiger charge is -2.16. The molecule has 0 bridgehead atoms. The van der Waals surface area contributed by atoms with E-state index in [0.717, 1.165) is 4.90 Å². The molecule has 1 aromatic rings. The second-order valence-corrected chi connectivity index (χ2v) is 4.11. The van der Waals surface area contributed by atoms with Crippen molar-refractivity contribution < 1.29 is 19.4 Å². The third-order valence-corrected chi connectivity index (χ3v) is 2.65. The minimum atomic E-state index is -1.11. The molecule has 0 atom stereocenters. The van der Waals surface area contributed by atoms with E-state index in [1.807, 2.05) is 0 Å². The van der Waals surface area contributed by atoms with Crippen LogP contribution in [0.25, 0.3) is 0 Å². The Balaban J connectivity index is 2.96. The molecule has 6 nitrogen and oxygen atoms in total. The molecule has 0 saturated heterocycles. The molecule has 1 amide bonds. The maximum absolute atomic E-state index is 11.5. The van der Waals surface area contributed by atoms with Crippen molar-refractivity contribution in [3.05, 3.63) is 35.0 Å². The van der Waals surface area contributed by atoms with Crippen molar-refractivity contribution in [2.45, 2.75) is 0 Å². The topological polar surface area (TPSA) is 79.7 Å². The Morgan fingerprint density at radius 3 is 2.89 bits per heavy atom. The number of aromatic nitrogens is 1. The van der Waals surface area contributed by atoms with Crippen molar-refractivity contribution in [1.82, 2.24) is 4.98 Å². The summed E-state index contributed by atoms with van der Waals surface area (Å²) in [4.78, 5) is 27.5. The van der Waals surface area contributed by atoms with Gasteiger partial charge in [-0.1, -0.05) is 12.7 Å². The third-order valence-electron chi connectivity index (χ3n) is 2.01. The van der Waals surface area contributed by atoms with Crippen molar-refractivity contribution in [2.24, 2.45) is 0 Å². The lowest BCUT2D eigenvalue weighted by Crippen LogP contribution is -2.28. The average molecular weight is 315 g/mol. The first-order valence-corrected chi connectivity index (χ1v) is 5.67. The molecule has 0 saturated carbocycles. The highest BCUT2D eigenvalue weighted by atomic mass is 79.9. The molecule has 0 spiro atoms.